The number of benzene rings is 1. The van der Waals surface area contributed by atoms with Crippen molar-refractivity contribution >= 4 is 43.6 Å². The van der Waals surface area contributed by atoms with E-state index in [4.69, 9.17) is 0 Å². The highest BCUT2D eigenvalue weighted by Crippen LogP contribution is 2.29. The van der Waals surface area contributed by atoms with Crippen LogP contribution in [0.25, 0.3) is 21.3 Å². The number of aromatic nitrogens is 4. The Kier molecular flexibility index (Phi) is 4.19. The molecule has 3 heterocycles. The second-order valence-corrected chi connectivity index (χ2v) is 8.11. The molecule has 0 spiro atoms. The predicted octanol–water partition coefficient (Wildman–Crippen LogP) is 4.80. The van der Waals surface area contributed by atoms with E-state index in [1.807, 2.05) is 43.7 Å². The summed E-state index contributed by atoms with van der Waals surface area (Å²) < 4.78 is 2.93. The number of thiazole rings is 1. The van der Waals surface area contributed by atoms with Gasteiger partial charge in [-0.15, -0.1) is 0 Å². The number of aryl methyl sites for hydroxylation is 3. The van der Waals surface area contributed by atoms with Gasteiger partial charge in [-0.3, -0.25) is 10.1 Å². The first kappa shape index (κ1) is 17.6. The smallest absolute Gasteiger partial charge is 0.258 e. The number of hydrogen-bond acceptors (Lipinski definition) is 5. The van der Waals surface area contributed by atoms with Crippen LogP contribution in [0.5, 0.6) is 0 Å². The first-order chi connectivity index (χ1) is 12.8. The molecule has 0 aliphatic heterocycles. The molecule has 1 aromatic carbocycles. The van der Waals surface area contributed by atoms with Crippen LogP contribution in [-0.4, -0.2) is 25.7 Å². The Hall–Kier alpha value is -2.80. The van der Waals surface area contributed by atoms with Gasteiger partial charge in [-0.2, -0.15) is 5.10 Å². The minimum atomic E-state index is -0.187. The van der Waals surface area contributed by atoms with Crippen LogP contribution in [0.1, 0.15) is 47.2 Å². The highest BCUT2D eigenvalue weighted by atomic mass is 32.1. The van der Waals surface area contributed by atoms with Gasteiger partial charge in [0.2, 0.25) is 0 Å². The zero-order valence-electron chi connectivity index (χ0n) is 16.0. The van der Waals surface area contributed by atoms with Crippen LogP contribution in [0.2, 0.25) is 0 Å². The molecular weight excluding hydrogens is 358 g/mol. The quantitative estimate of drug-likeness (QED) is 0.555. The van der Waals surface area contributed by atoms with E-state index in [-0.39, 0.29) is 11.9 Å². The fourth-order valence-electron chi connectivity index (χ4n) is 3.23. The summed E-state index contributed by atoms with van der Waals surface area (Å²) in [5.74, 6) is -0.187. The normalized spacial score (nSPS) is 11.6. The van der Waals surface area contributed by atoms with Gasteiger partial charge in [0, 0.05) is 11.7 Å². The van der Waals surface area contributed by atoms with E-state index in [1.54, 1.807) is 0 Å². The number of carbonyl (C=O) groups is 1. The van der Waals surface area contributed by atoms with E-state index < -0.39 is 0 Å². The van der Waals surface area contributed by atoms with Crippen LogP contribution in [-0.2, 0) is 0 Å². The largest absolute Gasteiger partial charge is 0.298 e. The lowest BCUT2D eigenvalue weighted by Gasteiger charge is -2.08. The minimum absolute atomic E-state index is 0.166. The molecule has 7 heteroatoms. The third-order valence-electron chi connectivity index (χ3n) is 4.46. The Morgan fingerprint density at radius 2 is 1.93 bits per heavy atom. The number of pyridine rings is 1. The van der Waals surface area contributed by atoms with Gasteiger partial charge in [-0.1, -0.05) is 17.4 Å². The van der Waals surface area contributed by atoms with Gasteiger partial charge in [-0.05, 0) is 58.4 Å². The summed E-state index contributed by atoms with van der Waals surface area (Å²) in [7, 11) is 0. The Labute approximate surface area is 161 Å². The van der Waals surface area contributed by atoms with E-state index in [9.17, 15) is 4.79 Å². The Bertz CT molecular complexity index is 1190. The van der Waals surface area contributed by atoms with Crippen molar-refractivity contribution in [2.24, 2.45) is 0 Å². The SMILES string of the molecule is Cc1ccc2nc(NC(=O)c3cc(C)nc4c3c(C)nn4C(C)C)sc2c1. The number of amides is 1. The Morgan fingerprint density at radius 1 is 1.15 bits per heavy atom. The molecular formula is C20H21N5OS. The van der Waals surface area contributed by atoms with Crippen molar-refractivity contribution < 1.29 is 4.79 Å². The first-order valence-electron chi connectivity index (χ1n) is 8.88. The maximum Gasteiger partial charge on any atom is 0.258 e. The molecule has 1 amide bonds. The van der Waals surface area contributed by atoms with Gasteiger partial charge in [-0.25, -0.2) is 14.6 Å². The van der Waals surface area contributed by atoms with Gasteiger partial charge in [0.15, 0.2) is 10.8 Å². The molecule has 0 radical (unpaired) electrons. The molecule has 0 fully saturated rings. The molecule has 1 N–H and O–H groups in total. The predicted molar refractivity (Wildman–Crippen MR) is 110 cm³/mol. The molecule has 0 saturated heterocycles. The Morgan fingerprint density at radius 3 is 2.67 bits per heavy atom. The molecule has 0 saturated carbocycles. The van der Waals surface area contributed by atoms with Crippen molar-refractivity contribution in [1.29, 1.82) is 0 Å². The number of hydrogen-bond donors (Lipinski definition) is 1. The van der Waals surface area contributed by atoms with E-state index in [2.05, 4.69) is 40.3 Å². The fourth-order valence-corrected chi connectivity index (χ4v) is 4.19. The van der Waals surface area contributed by atoms with Crippen molar-refractivity contribution in [3.05, 3.63) is 46.8 Å². The molecule has 0 aliphatic rings. The third-order valence-corrected chi connectivity index (χ3v) is 5.40. The minimum Gasteiger partial charge on any atom is -0.298 e. The van der Waals surface area contributed by atoms with Gasteiger partial charge in [0.1, 0.15) is 0 Å². The van der Waals surface area contributed by atoms with Crippen LogP contribution in [0.3, 0.4) is 0 Å². The summed E-state index contributed by atoms with van der Waals surface area (Å²) in [5, 5.41) is 8.93. The van der Waals surface area contributed by atoms with Crippen LogP contribution in [0, 0.1) is 20.8 Å². The summed E-state index contributed by atoms with van der Waals surface area (Å²) in [6, 6.07) is 8.05. The van der Waals surface area contributed by atoms with Crippen molar-refractivity contribution in [1.82, 2.24) is 19.7 Å². The van der Waals surface area contributed by atoms with Crippen molar-refractivity contribution in [3.8, 4) is 0 Å². The molecule has 6 nitrogen and oxygen atoms in total. The van der Waals surface area contributed by atoms with Crippen molar-refractivity contribution in [3.63, 3.8) is 0 Å². The number of nitrogens with zero attached hydrogens (tertiary/aromatic N) is 4. The number of rotatable bonds is 3. The lowest BCUT2D eigenvalue weighted by atomic mass is 10.1. The molecule has 3 aromatic heterocycles. The number of anilines is 1. The van der Waals surface area contributed by atoms with Crippen LogP contribution < -0.4 is 5.32 Å². The second kappa shape index (κ2) is 6.42. The lowest BCUT2D eigenvalue weighted by molar-refractivity contribution is 0.102. The third kappa shape index (κ3) is 3.08. The lowest BCUT2D eigenvalue weighted by Crippen LogP contribution is -2.13. The van der Waals surface area contributed by atoms with Gasteiger partial charge in [0.25, 0.3) is 5.91 Å². The molecule has 4 rings (SSSR count). The molecule has 138 valence electrons. The number of nitrogens with one attached hydrogen (secondary N) is 1. The summed E-state index contributed by atoms with van der Waals surface area (Å²) >= 11 is 1.48. The second-order valence-electron chi connectivity index (χ2n) is 7.08. The van der Waals surface area contributed by atoms with Gasteiger partial charge in [0.05, 0.1) is 26.9 Å². The van der Waals surface area contributed by atoms with Crippen LogP contribution >= 0.6 is 11.3 Å². The van der Waals surface area contributed by atoms with E-state index >= 15 is 0 Å². The maximum absolute atomic E-state index is 13.0. The Balaban J connectivity index is 1.77. The zero-order valence-corrected chi connectivity index (χ0v) is 16.8. The summed E-state index contributed by atoms with van der Waals surface area (Å²) in [4.78, 5) is 22.2. The highest BCUT2D eigenvalue weighted by Gasteiger charge is 2.20. The van der Waals surface area contributed by atoms with Crippen LogP contribution in [0.15, 0.2) is 24.3 Å². The van der Waals surface area contributed by atoms with Crippen LogP contribution in [0.4, 0.5) is 5.13 Å². The van der Waals surface area contributed by atoms with Crippen molar-refractivity contribution in [2.45, 2.75) is 40.7 Å². The standard InChI is InChI=1S/C20H21N5OS/c1-10(2)25-18-17(13(5)24-25)14(9-12(4)21-18)19(26)23-20-22-15-7-6-11(3)8-16(15)27-20/h6-10H,1-5H3,(H,22,23,26). The molecule has 4 aromatic rings. The maximum atomic E-state index is 13.0. The molecule has 27 heavy (non-hydrogen) atoms. The number of fused-ring (bicyclic) bond motifs is 2. The molecule has 0 atom stereocenters. The van der Waals surface area contributed by atoms with E-state index in [0.717, 1.165) is 32.6 Å². The summed E-state index contributed by atoms with van der Waals surface area (Å²) in [6.07, 6.45) is 0. The summed E-state index contributed by atoms with van der Waals surface area (Å²) in [5.41, 5.74) is 4.98. The van der Waals surface area contributed by atoms with Crippen molar-refractivity contribution in [2.75, 3.05) is 5.32 Å². The number of carbonyl (C=O) groups excluding carboxylic acids is 1. The van der Waals surface area contributed by atoms with E-state index in [1.165, 1.54) is 16.9 Å². The fraction of sp³-hybridized carbons (Fsp3) is 0.300. The first-order valence-corrected chi connectivity index (χ1v) is 9.70. The average molecular weight is 379 g/mol. The van der Waals surface area contributed by atoms with E-state index in [0.29, 0.717) is 10.7 Å². The highest BCUT2D eigenvalue weighted by molar-refractivity contribution is 7.22. The average Bonchev–Trinajstić information content (AvgIpc) is 3.14. The molecule has 0 unspecified atom stereocenters. The topological polar surface area (TPSA) is 72.7 Å². The molecule has 0 aliphatic carbocycles. The zero-order chi connectivity index (χ0) is 19.3. The van der Waals surface area contributed by atoms with Gasteiger partial charge < -0.3 is 0 Å². The summed E-state index contributed by atoms with van der Waals surface area (Å²) in [6.45, 7) is 9.96. The molecule has 0 bridgehead atoms. The monoisotopic (exact) mass is 379 g/mol. The van der Waals surface area contributed by atoms with Gasteiger partial charge >= 0.3 is 0 Å².